The van der Waals surface area contributed by atoms with E-state index in [1.54, 1.807) is 6.92 Å². The monoisotopic (exact) mass is 276 g/mol. The van der Waals surface area contributed by atoms with Crippen molar-refractivity contribution < 1.29 is 0 Å². The molecule has 0 spiro atoms. The summed E-state index contributed by atoms with van der Waals surface area (Å²) in [7, 11) is 0. The molecule has 1 aliphatic rings. The van der Waals surface area contributed by atoms with E-state index in [0.717, 1.165) is 6.42 Å². The zero-order valence-electron chi connectivity index (χ0n) is 12.7. The van der Waals surface area contributed by atoms with Gasteiger partial charge >= 0.3 is 0 Å². The third kappa shape index (κ3) is 3.68. The Hall–Kier alpha value is -1.65. The van der Waals surface area contributed by atoms with E-state index in [1.807, 2.05) is 0 Å². The number of anilines is 1. The normalized spacial score (nSPS) is 25.1. The van der Waals surface area contributed by atoms with Crippen LogP contribution in [0.4, 0.5) is 5.95 Å². The zero-order valence-corrected chi connectivity index (χ0v) is 12.7. The summed E-state index contributed by atoms with van der Waals surface area (Å²) < 4.78 is 0. The second-order valence-electron chi connectivity index (χ2n) is 6.19. The second kappa shape index (κ2) is 6.20. The minimum atomic E-state index is -0.155. The number of H-pyrrole nitrogens is 1. The predicted molar refractivity (Wildman–Crippen MR) is 82.0 cm³/mol. The number of hydrazone groups is 1. The van der Waals surface area contributed by atoms with Crippen molar-refractivity contribution >= 4 is 11.7 Å². The van der Waals surface area contributed by atoms with Crippen LogP contribution in [0, 0.1) is 24.7 Å². The van der Waals surface area contributed by atoms with Gasteiger partial charge in [0, 0.05) is 23.4 Å². The molecular formula is C15H24N4O. The summed E-state index contributed by atoms with van der Waals surface area (Å²) in [6, 6.07) is 1.47. The lowest BCUT2D eigenvalue weighted by Gasteiger charge is -2.30. The number of aryl methyl sites for hydroxylation is 1. The minimum absolute atomic E-state index is 0.155. The Kier molecular flexibility index (Phi) is 4.57. The van der Waals surface area contributed by atoms with Crippen LogP contribution in [0.5, 0.6) is 0 Å². The van der Waals surface area contributed by atoms with E-state index < -0.39 is 0 Å². The maximum Gasteiger partial charge on any atom is 0.252 e. The number of hydrogen-bond acceptors (Lipinski definition) is 4. The fraction of sp³-hybridized carbons (Fsp3) is 0.667. The predicted octanol–water partition coefficient (Wildman–Crippen LogP) is 2.94. The molecule has 0 unspecified atom stereocenters. The molecule has 2 rings (SSSR count). The van der Waals surface area contributed by atoms with Crippen LogP contribution in [-0.2, 0) is 0 Å². The minimum Gasteiger partial charge on any atom is -0.291 e. The summed E-state index contributed by atoms with van der Waals surface area (Å²) in [5.41, 5.74) is 4.65. The lowest BCUT2D eigenvalue weighted by atomic mass is 9.76. The zero-order chi connectivity index (χ0) is 14.7. The highest BCUT2D eigenvalue weighted by Crippen LogP contribution is 2.31. The van der Waals surface area contributed by atoms with Gasteiger partial charge in [-0.25, -0.2) is 10.4 Å². The third-order valence-electron chi connectivity index (χ3n) is 3.94. The largest absolute Gasteiger partial charge is 0.291 e. The van der Waals surface area contributed by atoms with E-state index in [4.69, 9.17) is 0 Å². The second-order valence-corrected chi connectivity index (χ2v) is 6.19. The molecule has 0 radical (unpaired) electrons. The highest BCUT2D eigenvalue weighted by Gasteiger charge is 2.27. The van der Waals surface area contributed by atoms with Gasteiger partial charge in [0.05, 0.1) is 0 Å². The smallest absolute Gasteiger partial charge is 0.252 e. The van der Waals surface area contributed by atoms with Gasteiger partial charge in [0.15, 0.2) is 0 Å². The van der Waals surface area contributed by atoms with E-state index in [1.165, 1.54) is 24.6 Å². The molecule has 1 aromatic heterocycles. The van der Waals surface area contributed by atoms with Crippen LogP contribution in [0.15, 0.2) is 16.0 Å². The lowest BCUT2D eigenvalue weighted by molar-refractivity contribution is 0.364. The lowest BCUT2D eigenvalue weighted by Crippen LogP contribution is -2.28. The molecule has 2 atom stereocenters. The van der Waals surface area contributed by atoms with Crippen LogP contribution in [0.2, 0.25) is 0 Å². The van der Waals surface area contributed by atoms with Crippen molar-refractivity contribution in [2.75, 3.05) is 5.43 Å². The maximum atomic E-state index is 11.4. The fourth-order valence-electron chi connectivity index (χ4n) is 2.84. The summed E-state index contributed by atoms with van der Waals surface area (Å²) in [6.07, 6.45) is 3.48. The molecular weight excluding hydrogens is 252 g/mol. The molecule has 1 heterocycles. The summed E-state index contributed by atoms with van der Waals surface area (Å²) in [5, 5.41) is 4.52. The third-order valence-corrected chi connectivity index (χ3v) is 3.94. The van der Waals surface area contributed by atoms with Crippen molar-refractivity contribution in [1.29, 1.82) is 0 Å². The van der Waals surface area contributed by atoms with Crippen molar-refractivity contribution in [2.45, 2.75) is 47.0 Å². The molecule has 1 fully saturated rings. The molecule has 1 saturated carbocycles. The first-order chi connectivity index (χ1) is 9.45. The van der Waals surface area contributed by atoms with E-state index in [2.05, 4.69) is 41.3 Å². The Morgan fingerprint density at radius 2 is 2.20 bits per heavy atom. The Labute approximate surface area is 119 Å². The van der Waals surface area contributed by atoms with E-state index in [9.17, 15) is 4.79 Å². The topological polar surface area (TPSA) is 70.1 Å². The fourth-order valence-corrected chi connectivity index (χ4v) is 2.84. The van der Waals surface area contributed by atoms with Crippen molar-refractivity contribution in [3.8, 4) is 0 Å². The molecule has 110 valence electrons. The summed E-state index contributed by atoms with van der Waals surface area (Å²) in [6.45, 7) is 8.54. The van der Waals surface area contributed by atoms with Crippen molar-refractivity contribution in [3.05, 3.63) is 22.1 Å². The number of rotatable bonds is 3. The van der Waals surface area contributed by atoms with E-state index >= 15 is 0 Å². The molecule has 1 aromatic rings. The van der Waals surface area contributed by atoms with Crippen LogP contribution < -0.4 is 11.0 Å². The Bertz CT molecular complexity index is 547. The van der Waals surface area contributed by atoms with Crippen LogP contribution >= 0.6 is 0 Å². The Balaban J connectivity index is 2.16. The van der Waals surface area contributed by atoms with Gasteiger partial charge in [0.25, 0.3) is 5.56 Å². The standard InChI is InChI=1S/C15H24N4O/c1-9(2)12-6-5-10(3)7-13(12)18-19-15-16-11(4)8-14(20)17-15/h8-10,12H,5-7H2,1-4H3,(H2,16,17,19,20)/b18-13-/t10-,12+/m1/s1. The number of aromatic nitrogens is 2. The van der Waals surface area contributed by atoms with E-state index in [-0.39, 0.29) is 5.56 Å². The first kappa shape index (κ1) is 14.8. The van der Waals surface area contributed by atoms with Crippen LogP contribution in [0.25, 0.3) is 0 Å². The molecule has 1 aliphatic carbocycles. The molecule has 20 heavy (non-hydrogen) atoms. The SMILES string of the molecule is Cc1cc(=O)[nH]c(N/N=C2/C[C@H](C)CC[C@H]2C(C)C)n1. The highest BCUT2D eigenvalue weighted by atomic mass is 16.1. The first-order valence-corrected chi connectivity index (χ1v) is 7.36. The van der Waals surface area contributed by atoms with Crippen molar-refractivity contribution in [1.82, 2.24) is 9.97 Å². The molecule has 0 amide bonds. The molecule has 5 heteroatoms. The van der Waals surface area contributed by atoms with Crippen LogP contribution in [0.3, 0.4) is 0 Å². The van der Waals surface area contributed by atoms with Gasteiger partial charge in [0.1, 0.15) is 0 Å². The quantitative estimate of drug-likeness (QED) is 0.834. The molecule has 0 saturated heterocycles. The molecule has 0 aromatic carbocycles. The Morgan fingerprint density at radius 1 is 1.45 bits per heavy atom. The van der Waals surface area contributed by atoms with Crippen LogP contribution in [0.1, 0.15) is 45.7 Å². The van der Waals surface area contributed by atoms with Crippen molar-refractivity contribution in [3.63, 3.8) is 0 Å². The summed E-state index contributed by atoms with van der Waals surface area (Å²) in [5.74, 6) is 2.21. The van der Waals surface area contributed by atoms with Gasteiger partial charge in [-0.2, -0.15) is 5.10 Å². The summed E-state index contributed by atoms with van der Waals surface area (Å²) >= 11 is 0. The number of aromatic amines is 1. The number of nitrogens with one attached hydrogen (secondary N) is 2. The van der Waals surface area contributed by atoms with Gasteiger partial charge in [-0.05, 0) is 38.0 Å². The van der Waals surface area contributed by atoms with Crippen molar-refractivity contribution in [2.24, 2.45) is 22.9 Å². The van der Waals surface area contributed by atoms with Gasteiger partial charge in [-0.1, -0.05) is 20.8 Å². The van der Waals surface area contributed by atoms with Gasteiger partial charge in [-0.15, -0.1) is 0 Å². The van der Waals surface area contributed by atoms with E-state index in [0.29, 0.717) is 29.4 Å². The van der Waals surface area contributed by atoms with Crippen LogP contribution in [-0.4, -0.2) is 15.7 Å². The number of hydrogen-bond donors (Lipinski definition) is 2. The summed E-state index contributed by atoms with van der Waals surface area (Å²) in [4.78, 5) is 18.3. The average molecular weight is 276 g/mol. The number of nitrogens with zero attached hydrogens (tertiary/aromatic N) is 2. The molecule has 0 bridgehead atoms. The first-order valence-electron chi connectivity index (χ1n) is 7.36. The molecule has 0 aliphatic heterocycles. The average Bonchev–Trinajstić information content (AvgIpc) is 2.35. The maximum absolute atomic E-state index is 11.4. The highest BCUT2D eigenvalue weighted by molar-refractivity contribution is 5.88. The van der Waals surface area contributed by atoms with Gasteiger partial charge in [0.2, 0.25) is 5.95 Å². The molecule has 2 N–H and O–H groups in total. The Morgan fingerprint density at radius 3 is 2.85 bits per heavy atom. The van der Waals surface area contributed by atoms with Gasteiger partial charge in [-0.3, -0.25) is 9.78 Å². The molecule has 5 nitrogen and oxygen atoms in total. The van der Waals surface area contributed by atoms with Gasteiger partial charge < -0.3 is 0 Å².